The molecule has 1 aliphatic heterocycles. The molecule has 7 nitrogen and oxygen atoms in total. The van der Waals surface area contributed by atoms with Crippen LogP contribution >= 0.6 is 0 Å². The third-order valence-electron chi connectivity index (χ3n) is 4.19. The summed E-state index contributed by atoms with van der Waals surface area (Å²) in [6.07, 6.45) is -4.57. The van der Waals surface area contributed by atoms with Gasteiger partial charge in [0, 0.05) is 23.6 Å². The van der Waals surface area contributed by atoms with Crippen molar-refractivity contribution in [1.29, 1.82) is 0 Å². The Kier molecular flexibility index (Phi) is 3.72. The predicted molar refractivity (Wildman–Crippen MR) is 91.6 cm³/mol. The van der Waals surface area contributed by atoms with Crippen molar-refractivity contribution < 1.29 is 22.6 Å². The first-order valence-electron chi connectivity index (χ1n) is 7.98. The zero-order valence-electron chi connectivity index (χ0n) is 14.0. The van der Waals surface area contributed by atoms with E-state index in [-0.39, 0.29) is 29.3 Å². The molecule has 2 aromatic heterocycles. The van der Waals surface area contributed by atoms with Crippen LogP contribution in [0, 0.1) is 0 Å². The first-order valence-corrected chi connectivity index (χ1v) is 7.98. The standard InChI is InChI=1S/C17H14F3N5O2/c1-7-6-26-14-12(7)9(5-8-13(14)15(21)25-16(22)23-8)27-11-4-2-3-10(24-11)17(18,19)20/h2-5,7H,6H2,1H3,(H4,21,22,23,25). The molecule has 0 saturated heterocycles. The molecular formula is C17H14F3N5O2. The molecule has 1 aromatic carbocycles. The van der Waals surface area contributed by atoms with Gasteiger partial charge in [-0.3, -0.25) is 0 Å². The van der Waals surface area contributed by atoms with Crippen molar-refractivity contribution in [2.45, 2.75) is 19.0 Å². The molecule has 1 atom stereocenters. The molecular weight excluding hydrogens is 363 g/mol. The second-order valence-electron chi connectivity index (χ2n) is 6.15. The van der Waals surface area contributed by atoms with Crippen LogP contribution in [0.3, 0.4) is 0 Å². The lowest BCUT2D eigenvalue weighted by molar-refractivity contribution is -0.141. The molecule has 0 aliphatic carbocycles. The van der Waals surface area contributed by atoms with E-state index in [1.807, 2.05) is 6.92 Å². The van der Waals surface area contributed by atoms with E-state index in [0.717, 1.165) is 6.07 Å². The Morgan fingerprint density at radius 1 is 1.19 bits per heavy atom. The maximum atomic E-state index is 12.9. The number of rotatable bonds is 2. The lowest BCUT2D eigenvalue weighted by Gasteiger charge is -2.14. The van der Waals surface area contributed by atoms with Gasteiger partial charge in [0.05, 0.1) is 17.5 Å². The number of nitrogens with zero attached hydrogens (tertiary/aromatic N) is 3. The lowest BCUT2D eigenvalue weighted by atomic mass is 9.99. The number of benzene rings is 1. The molecule has 0 amide bonds. The quantitative estimate of drug-likeness (QED) is 0.703. The summed E-state index contributed by atoms with van der Waals surface area (Å²) in [5.74, 6) is 0.592. The summed E-state index contributed by atoms with van der Waals surface area (Å²) < 4.78 is 50.1. The first-order chi connectivity index (χ1) is 12.7. The van der Waals surface area contributed by atoms with Gasteiger partial charge in [-0.25, -0.2) is 9.97 Å². The van der Waals surface area contributed by atoms with Gasteiger partial charge in [-0.1, -0.05) is 13.0 Å². The van der Waals surface area contributed by atoms with Crippen molar-refractivity contribution in [3.05, 3.63) is 35.5 Å². The molecule has 4 N–H and O–H groups in total. The largest absolute Gasteiger partial charge is 0.492 e. The maximum Gasteiger partial charge on any atom is 0.433 e. The minimum atomic E-state index is -4.57. The summed E-state index contributed by atoms with van der Waals surface area (Å²) >= 11 is 0. The second kappa shape index (κ2) is 5.86. The molecule has 140 valence electrons. The normalized spacial score (nSPS) is 16.2. The van der Waals surface area contributed by atoms with Crippen LogP contribution in [0.4, 0.5) is 24.9 Å². The van der Waals surface area contributed by atoms with Crippen molar-refractivity contribution in [3.8, 4) is 17.4 Å². The van der Waals surface area contributed by atoms with E-state index in [4.69, 9.17) is 20.9 Å². The van der Waals surface area contributed by atoms with Crippen molar-refractivity contribution in [3.63, 3.8) is 0 Å². The number of hydrogen-bond acceptors (Lipinski definition) is 7. The molecule has 3 heterocycles. The number of hydrogen-bond donors (Lipinski definition) is 2. The molecule has 0 fully saturated rings. The van der Waals surface area contributed by atoms with Gasteiger partial charge >= 0.3 is 6.18 Å². The van der Waals surface area contributed by atoms with Crippen LogP contribution < -0.4 is 20.9 Å². The van der Waals surface area contributed by atoms with E-state index in [0.29, 0.717) is 28.8 Å². The van der Waals surface area contributed by atoms with Crippen LogP contribution in [-0.4, -0.2) is 21.6 Å². The Hall–Kier alpha value is -3.30. The zero-order chi connectivity index (χ0) is 19.3. The summed E-state index contributed by atoms with van der Waals surface area (Å²) in [5, 5.41) is 0.493. The van der Waals surface area contributed by atoms with Crippen LogP contribution in [0.5, 0.6) is 17.4 Å². The second-order valence-corrected chi connectivity index (χ2v) is 6.15. The van der Waals surface area contributed by atoms with Crippen molar-refractivity contribution >= 4 is 22.7 Å². The number of nitrogens with two attached hydrogens (primary N) is 2. The molecule has 1 unspecified atom stereocenters. The average Bonchev–Trinajstić information content (AvgIpc) is 2.96. The fraction of sp³-hybridized carbons (Fsp3) is 0.235. The highest BCUT2D eigenvalue weighted by atomic mass is 19.4. The Balaban J connectivity index is 1.87. The van der Waals surface area contributed by atoms with Gasteiger partial charge < -0.3 is 20.9 Å². The van der Waals surface area contributed by atoms with E-state index < -0.39 is 11.9 Å². The summed E-state index contributed by atoms with van der Waals surface area (Å²) in [6, 6.07) is 4.99. The van der Waals surface area contributed by atoms with E-state index in [2.05, 4.69) is 15.0 Å². The van der Waals surface area contributed by atoms with Gasteiger partial charge in [-0.05, 0) is 6.07 Å². The SMILES string of the molecule is CC1COc2c1c(Oc1cccc(C(F)(F)F)n1)cc1nc(N)nc(N)c21. The number of fused-ring (bicyclic) bond motifs is 3. The van der Waals surface area contributed by atoms with Crippen LogP contribution in [0.15, 0.2) is 24.3 Å². The molecule has 0 radical (unpaired) electrons. The number of nitrogen functional groups attached to an aromatic ring is 2. The number of pyridine rings is 1. The Labute approximate surface area is 151 Å². The minimum absolute atomic E-state index is 0.0332. The average molecular weight is 377 g/mol. The van der Waals surface area contributed by atoms with Gasteiger partial charge in [0.2, 0.25) is 11.8 Å². The third-order valence-corrected chi connectivity index (χ3v) is 4.19. The van der Waals surface area contributed by atoms with Gasteiger partial charge in [-0.2, -0.15) is 18.2 Å². The van der Waals surface area contributed by atoms with E-state index in [1.54, 1.807) is 6.07 Å². The summed E-state index contributed by atoms with van der Waals surface area (Å²) in [4.78, 5) is 11.6. The number of ether oxygens (including phenoxy) is 2. The van der Waals surface area contributed by atoms with Gasteiger partial charge in [0.1, 0.15) is 23.0 Å². The maximum absolute atomic E-state index is 12.9. The zero-order valence-corrected chi connectivity index (χ0v) is 14.0. The Morgan fingerprint density at radius 3 is 2.70 bits per heavy atom. The lowest BCUT2D eigenvalue weighted by Crippen LogP contribution is -2.08. The van der Waals surface area contributed by atoms with Crippen molar-refractivity contribution in [2.75, 3.05) is 18.1 Å². The minimum Gasteiger partial charge on any atom is -0.492 e. The highest BCUT2D eigenvalue weighted by Crippen LogP contribution is 2.47. The highest BCUT2D eigenvalue weighted by Gasteiger charge is 2.33. The molecule has 1 aliphatic rings. The molecule has 0 bridgehead atoms. The summed E-state index contributed by atoms with van der Waals surface area (Å²) in [5.41, 5.74) is 11.6. The van der Waals surface area contributed by atoms with Crippen molar-refractivity contribution in [2.24, 2.45) is 0 Å². The predicted octanol–water partition coefficient (Wildman–Crippen LogP) is 3.50. The van der Waals surface area contributed by atoms with Crippen LogP contribution in [0.2, 0.25) is 0 Å². The molecule has 10 heteroatoms. The number of anilines is 2. The monoisotopic (exact) mass is 377 g/mol. The van der Waals surface area contributed by atoms with Gasteiger partial charge in [0.25, 0.3) is 0 Å². The highest BCUT2D eigenvalue weighted by molar-refractivity contribution is 5.97. The fourth-order valence-corrected chi connectivity index (χ4v) is 3.04. The number of alkyl halides is 3. The number of aromatic nitrogens is 3. The Bertz CT molecular complexity index is 1050. The molecule has 0 spiro atoms. The topological polar surface area (TPSA) is 109 Å². The molecule has 4 rings (SSSR count). The summed E-state index contributed by atoms with van der Waals surface area (Å²) in [6.45, 7) is 2.27. The van der Waals surface area contributed by atoms with Crippen molar-refractivity contribution in [1.82, 2.24) is 15.0 Å². The Morgan fingerprint density at radius 2 is 1.96 bits per heavy atom. The van der Waals surface area contributed by atoms with E-state index >= 15 is 0 Å². The van der Waals surface area contributed by atoms with Crippen LogP contribution in [0.25, 0.3) is 10.9 Å². The molecule has 3 aromatic rings. The van der Waals surface area contributed by atoms with Crippen LogP contribution in [-0.2, 0) is 6.18 Å². The fourth-order valence-electron chi connectivity index (χ4n) is 3.04. The van der Waals surface area contributed by atoms with Gasteiger partial charge in [0.15, 0.2) is 0 Å². The molecule has 0 saturated carbocycles. The van der Waals surface area contributed by atoms with Crippen LogP contribution in [0.1, 0.15) is 24.1 Å². The third kappa shape index (κ3) is 2.92. The van der Waals surface area contributed by atoms with E-state index in [9.17, 15) is 13.2 Å². The van der Waals surface area contributed by atoms with E-state index in [1.165, 1.54) is 12.1 Å². The van der Waals surface area contributed by atoms with Gasteiger partial charge in [-0.15, -0.1) is 0 Å². The number of halogens is 3. The smallest absolute Gasteiger partial charge is 0.433 e. The summed E-state index contributed by atoms with van der Waals surface area (Å²) in [7, 11) is 0. The molecule has 27 heavy (non-hydrogen) atoms. The first kappa shape index (κ1) is 17.1.